The van der Waals surface area contributed by atoms with E-state index in [-0.39, 0.29) is 11.6 Å². The van der Waals surface area contributed by atoms with Gasteiger partial charge in [0.05, 0.1) is 27.4 Å². The molecule has 0 fully saturated rings. The first-order valence-corrected chi connectivity index (χ1v) is 9.42. The molecule has 2 aromatic carbocycles. The molecule has 0 saturated heterocycles. The molecule has 150 valence electrons. The minimum absolute atomic E-state index is 0.0183. The maximum absolute atomic E-state index is 6.13. The zero-order valence-electron chi connectivity index (χ0n) is 16.8. The average molecular weight is 403 g/mol. The van der Waals surface area contributed by atoms with E-state index >= 15 is 0 Å². The van der Waals surface area contributed by atoms with Crippen molar-refractivity contribution in [2.75, 3.05) is 26.6 Å². The molecule has 2 aromatic rings. The molecule has 0 unspecified atom stereocenters. The van der Waals surface area contributed by atoms with Crippen molar-refractivity contribution in [3.63, 3.8) is 0 Å². The van der Waals surface area contributed by atoms with Crippen molar-refractivity contribution in [3.8, 4) is 23.0 Å². The van der Waals surface area contributed by atoms with E-state index in [9.17, 15) is 0 Å². The normalized spacial score (nSPS) is 17.0. The number of hydrogen-bond acceptors (Lipinski definition) is 5. The van der Waals surface area contributed by atoms with Crippen LogP contribution in [0.25, 0.3) is 0 Å². The molecule has 7 heteroatoms. The zero-order valence-corrected chi connectivity index (χ0v) is 17.6. The van der Waals surface area contributed by atoms with Crippen molar-refractivity contribution in [1.82, 2.24) is 5.32 Å². The van der Waals surface area contributed by atoms with E-state index in [1.54, 1.807) is 21.3 Å². The molecule has 0 bridgehead atoms. The number of benzene rings is 2. The van der Waals surface area contributed by atoms with Crippen LogP contribution in [-0.4, -0.2) is 32.0 Å². The molecule has 0 saturated carbocycles. The fourth-order valence-electron chi connectivity index (χ4n) is 3.33. The van der Waals surface area contributed by atoms with Crippen LogP contribution in [0.4, 0.5) is 5.69 Å². The van der Waals surface area contributed by atoms with E-state index in [0.29, 0.717) is 16.6 Å². The molecule has 28 heavy (non-hydrogen) atoms. The molecule has 0 spiro atoms. The van der Waals surface area contributed by atoms with Crippen molar-refractivity contribution in [2.24, 2.45) is 0 Å². The van der Waals surface area contributed by atoms with E-state index in [0.717, 1.165) is 29.2 Å². The van der Waals surface area contributed by atoms with Crippen LogP contribution in [0.3, 0.4) is 0 Å². The van der Waals surface area contributed by atoms with Gasteiger partial charge in [-0.15, -0.1) is 0 Å². The molecule has 1 atom stereocenters. The third-order valence-electron chi connectivity index (χ3n) is 4.62. The smallest absolute Gasteiger partial charge is 0.171 e. The van der Waals surface area contributed by atoms with Crippen molar-refractivity contribution in [1.29, 1.82) is 0 Å². The standard InChI is InChI=1S/C21H26N2O4S/c1-21(2)12-16(15-8-7-14(24-3)11-18(15)27-21)23-20(28)22-13-6-9-17(25-4)19(10-13)26-5/h6-11,16H,12H2,1-5H3,(H2,22,23,28)/t16-/m0/s1. The molecule has 0 radical (unpaired) electrons. The molecular weight excluding hydrogens is 376 g/mol. The Morgan fingerprint density at radius 2 is 1.79 bits per heavy atom. The maximum atomic E-state index is 6.13. The molecule has 1 aliphatic heterocycles. The Labute approximate surface area is 171 Å². The van der Waals surface area contributed by atoms with Crippen LogP contribution < -0.4 is 29.6 Å². The minimum Gasteiger partial charge on any atom is -0.497 e. The van der Waals surface area contributed by atoms with E-state index in [4.69, 9.17) is 31.2 Å². The Morgan fingerprint density at radius 3 is 2.46 bits per heavy atom. The van der Waals surface area contributed by atoms with E-state index < -0.39 is 0 Å². The number of ether oxygens (including phenoxy) is 4. The Balaban J connectivity index is 1.77. The van der Waals surface area contributed by atoms with Gasteiger partial charge in [0.15, 0.2) is 16.6 Å². The second-order valence-electron chi connectivity index (χ2n) is 7.19. The molecule has 3 rings (SSSR count). The van der Waals surface area contributed by atoms with Gasteiger partial charge in [-0.3, -0.25) is 0 Å². The fourth-order valence-corrected chi connectivity index (χ4v) is 3.59. The summed E-state index contributed by atoms with van der Waals surface area (Å²) < 4.78 is 22.1. The van der Waals surface area contributed by atoms with E-state index in [1.807, 2.05) is 36.4 Å². The summed E-state index contributed by atoms with van der Waals surface area (Å²) in [6.45, 7) is 4.13. The molecule has 6 nitrogen and oxygen atoms in total. The highest BCUT2D eigenvalue weighted by atomic mass is 32.1. The van der Waals surface area contributed by atoms with E-state index in [2.05, 4.69) is 24.5 Å². The van der Waals surface area contributed by atoms with Crippen molar-refractivity contribution >= 4 is 23.0 Å². The lowest BCUT2D eigenvalue weighted by molar-refractivity contribution is 0.0693. The number of hydrogen-bond donors (Lipinski definition) is 2. The lowest BCUT2D eigenvalue weighted by atomic mass is 9.89. The van der Waals surface area contributed by atoms with Gasteiger partial charge in [0.25, 0.3) is 0 Å². The summed E-state index contributed by atoms with van der Waals surface area (Å²) in [6, 6.07) is 11.4. The van der Waals surface area contributed by atoms with Crippen LogP contribution in [0, 0.1) is 0 Å². The summed E-state index contributed by atoms with van der Waals surface area (Å²) in [6.07, 6.45) is 0.778. The Hall–Kier alpha value is -2.67. The number of rotatable bonds is 5. The summed E-state index contributed by atoms with van der Waals surface area (Å²) in [4.78, 5) is 0. The number of anilines is 1. The number of thiocarbonyl (C=S) groups is 1. The third kappa shape index (κ3) is 4.42. The highest BCUT2D eigenvalue weighted by molar-refractivity contribution is 7.80. The molecule has 0 aromatic heterocycles. The molecule has 0 amide bonds. The SMILES string of the molecule is COc1ccc2c(c1)OC(C)(C)C[C@@H]2NC(=S)Nc1ccc(OC)c(OC)c1. The Bertz CT molecular complexity index is 869. The summed E-state index contributed by atoms with van der Waals surface area (Å²) >= 11 is 5.55. The minimum atomic E-state index is -0.323. The van der Waals surface area contributed by atoms with E-state index in [1.165, 1.54) is 0 Å². The lowest BCUT2D eigenvalue weighted by Crippen LogP contribution is -2.42. The third-order valence-corrected chi connectivity index (χ3v) is 4.84. The highest BCUT2D eigenvalue weighted by Gasteiger charge is 2.34. The molecule has 1 heterocycles. The monoisotopic (exact) mass is 402 g/mol. The van der Waals surface area contributed by atoms with Crippen molar-refractivity contribution in [3.05, 3.63) is 42.0 Å². The molecule has 1 aliphatic rings. The van der Waals surface area contributed by atoms with Crippen molar-refractivity contribution < 1.29 is 18.9 Å². The van der Waals surface area contributed by atoms with Gasteiger partial charge in [-0.05, 0) is 50.3 Å². The van der Waals surface area contributed by atoms with Gasteiger partial charge in [0, 0.05) is 29.8 Å². The number of methoxy groups -OCH3 is 3. The predicted molar refractivity (Wildman–Crippen MR) is 114 cm³/mol. The van der Waals surface area contributed by atoms with Gasteiger partial charge in [-0.2, -0.15) is 0 Å². The number of nitrogens with one attached hydrogen (secondary N) is 2. The molecular formula is C21H26N2O4S. The summed E-state index contributed by atoms with van der Waals surface area (Å²) in [5, 5.41) is 7.15. The first kappa shape index (κ1) is 20.1. The second kappa shape index (κ2) is 8.14. The average Bonchev–Trinajstić information content (AvgIpc) is 2.66. The van der Waals surface area contributed by atoms with Gasteiger partial charge >= 0.3 is 0 Å². The van der Waals surface area contributed by atoms with Crippen LogP contribution in [0.2, 0.25) is 0 Å². The first-order valence-electron chi connectivity index (χ1n) is 9.01. The molecule has 0 aliphatic carbocycles. The van der Waals surface area contributed by atoms with Crippen LogP contribution in [-0.2, 0) is 0 Å². The summed E-state index contributed by atoms with van der Waals surface area (Å²) in [7, 11) is 4.86. The zero-order chi connectivity index (χ0) is 20.3. The van der Waals surface area contributed by atoms with Crippen molar-refractivity contribution in [2.45, 2.75) is 31.9 Å². The predicted octanol–water partition coefficient (Wildman–Crippen LogP) is 4.30. The molecule has 2 N–H and O–H groups in total. The van der Waals surface area contributed by atoms with Gasteiger partial charge in [0.1, 0.15) is 17.1 Å². The van der Waals surface area contributed by atoms with Gasteiger partial charge in [0.2, 0.25) is 0 Å². The number of fused-ring (bicyclic) bond motifs is 1. The van der Waals surface area contributed by atoms with Gasteiger partial charge in [-0.25, -0.2) is 0 Å². The van der Waals surface area contributed by atoms with Crippen LogP contribution in [0.15, 0.2) is 36.4 Å². The van der Waals surface area contributed by atoms with Crippen LogP contribution >= 0.6 is 12.2 Å². The largest absolute Gasteiger partial charge is 0.497 e. The highest BCUT2D eigenvalue weighted by Crippen LogP contribution is 2.41. The summed E-state index contributed by atoms with van der Waals surface area (Å²) in [5.74, 6) is 2.88. The maximum Gasteiger partial charge on any atom is 0.171 e. The Kier molecular flexibility index (Phi) is 5.84. The Morgan fingerprint density at radius 1 is 1.04 bits per heavy atom. The van der Waals surface area contributed by atoms with Gasteiger partial charge in [-0.1, -0.05) is 0 Å². The van der Waals surface area contributed by atoms with Crippen LogP contribution in [0.5, 0.6) is 23.0 Å². The lowest BCUT2D eigenvalue weighted by Gasteiger charge is -2.38. The van der Waals surface area contributed by atoms with Crippen LogP contribution in [0.1, 0.15) is 31.9 Å². The second-order valence-corrected chi connectivity index (χ2v) is 7.60. The quantitative estimate of drug-likeness (QED) is 0.723. The fraction of sp³-hybridized carbons (Fsp3) is 0.381. The topological polar surface area (TPSA) is 61.0 Å². The first-order chi connectivity index (χ1) is 13.3. The van der Waals surface area contributed by atoms with Gasteiger partial charge < -0.3 is 29.6 Å². The summed E-state index contributed by atoms with van der Waals surface area (Å²) in [5.41, 5.74) is 1.55.